The highest BCUT2D eigenvalue weighted by Crippen LogP contribution is 2.10. The Bertz CT molecular complexity index is 284. The van der Waals surface area contributed by atoms with Crippen molar-refractivity contribution in [3.05, 3.63) is 35.1 Å². The molecule has 0 aliphatic heterocycles. The molecule has 3 heteroatoms. The Hall–Kier alpha value is -0.930. The SMILES string of the molecule is CN(C)Cc1ccc(F)c(CN)c1. The fourth-order valence-electron chi connectivity index (χ4n) is 1.25. The van der Waals surface area contributed by atoms with E-state index < -0.39 is 0 Å². The molecule has 1 rings (SSSR count). The van der Waals surface area contributed by atoms with Crippen LogP contribution in [0, 0.1) is 5.82 Å². The largest absolute Gasteiger partial charge is 0.326 e. The zero-order chi connectivity index (χ0) is 9.84. The molecular weight excluding hydrogens is 167 g/mol. The first-order valence-electron chi connectivity index (χ1n) is 4.25. The third-order valence-corrected chi connectivity index (χ3v) is 1.83. The third-order valence-electron chi connectivity index (χ3n) is 1.83. The van der Waals surface area contributed by atoms with Gasteiger partial charge in [-0.25, -0.2) is 4.39 Å². The van der Waals surface area contributed by atoms with Crippen LogP contribution in [0.25, 0.3) is 0 Å². The molecule has 0 aromatic heterocycles. The van der Waals surface area contributed by atoms with Crippen LogP contribution in [0.2, 0.25) is 0 Å². The van der Waals surface area contributed by atoms with Crippen LogP contribution in [-0.2, 0) is 13.1 Å². The second kappa shape index (κ2) is 4.35. The average molecular weight is 182 g/mol. The number of hydrogen-bond donors (Lipinski definition) is 1. The minimum atomic E-state index is -0.218. The van der Waals surface area contributed by atoms with Crippen LogP contribution in [0.4, 0.5) is 4.39 Å². The van der Waals surface area contributed by atoms with Crippen molar-refractivity contribution >= 4 is 0 Å². The second-order valence-electron chi connectivity index (χ2n) is 3.37. The molecule has 0 saturated heterocycles. The zero-order valence-electron chi connectivity index (χ0n) is 8.05. The maximum atomic E-state index is 13.0. The van der Waals surface area contributed by atoms with E-state index >= 15 is 0 Å². The van der Waals surface area contributed by atoms with E-state index in [0.717, 1.165) is 12.1 Å². The average Bonchev–Trinajstić information content (AvgIpc) is 2.07. The van der Waals surface area contributed by atoms with Gasteiger partial charge in [0.1, 0.15) is 5.82 Å². The Labute approximate surface area is 78.2 Å². The maximum Gasteiger partial charge on any atom is 0.127 e. The summed E-state index contributed by atoms with van der Waals surface area (Å²) >= 11 is 0. The number of nitrogens with two attached hydrogens (primary N) is 1. The molecule has 2 nitrogen and oxygen atoms in total. The van der Waals surface area contributed by atoms with Crippen molar-refractivity contribution in [3.63, 3.8) is 0 Å². The van der Waals surface area contributed by atoms with Crippen molar-refractivity contribution in [3.8, 4) is 0 Å². The van der Waals surface area contributed by atoms with E-state index in [-0.39, 0.29) is 12.4 Å². The number of hydrogen-bond acceptors (Lipinski definition) is 2. The van der Waals surface area contributed by atoms with Gasteiger partial charge in [0.25, 0.3) is 0 Å². The van der Waals surface area contributed by atoms with E-state index in [9.17, 15) is 4.39 Å². The van der Waals surface area contributed by atoms with Gasteiger partial charge in [-0.2, -0.15) is 0 Å². The van der Waals surface area contributed by atoms with Crippen LogP contribution in [0.5, 0.6) is 0 Å². The van der Waals surface area contributed by atoms with E-state index in [1.54, 1.807) is 6.07 Å². The van der Waals surface area contributed by atoms with Gasteiger partial charge in [-0.15, -0.1) is 0 Å². The van der Waals surface area contributed by atoms with Gasteiger partial charge in [0.05, 0.1) is 0 Å². The minimum Gasteiger partial charge on any atom is -0.326 e. The smallest absolute Gasteiger partial charge is 0.127 e. The van der Waals surface area contributed by atoms with Crippen molar-refractivity contribution in [1.29, 1.82) is 0 Å². The summed E-state index contributed by atoms with van der Waals surface area (Å²) in [4.78, 5) is 2.04. The van der Waals surface area contributed by atoms with Crippen LogP contribution in [0.1, 0.15) is 11.1 Å². The molecule has 0 aliphatic rings. The molecule has 0 aliphatic carbocycles. The number of rotatable bonds is 3. The predicted molar refractivity (Wildman–Crippen MR) is 51.7 cm³/mol. The lowest BCUT2D eigenvalue weighted by Gasteiger charge is -2.10. The monoisotopic (exact) mass is 182 g/mol. The van der Waals surface area contributed by atoms with Gasteiger partial charge in [-0.3, -0.25) is 0 Å². The third kappa shape index (κ3) is 2.79. The molecule has 0 radical (unpaired) electrons. The first kappa shape index (κ1) is 10.2. The Morgan fingerprint density at radius 2 is 2.08 bits per heavy atom. The highest BCUT2D eigenvalue weighted by Gasteiger charge is 2.02. The molecule has 0 unspecified atom stereocenters. The van der Waals surface area contributed by atoms with Gasteiger partial charge >= 0.3 is 0 Å². The van der Waals surface area contributed by atoms with E-state index in [1.165, 1.54) is 6.07 Å². The molecule has 0 amide bonds. The van der Waals surface area contributed by atoms with E-state index in [1.807, 2.05) is 25.1 Å². The van der Waals surface area contributed by atoms with Crippen LogP contribution in [-0.4, -0.2) is 19.0 Å². The van der Waals surface area contributed by atoms with Gasteiger partial charge < -0.3 is 10.6 Å². The summed E-state index contributed by atoms with van der Waals surface area (Å²) in [7, 11) is 3.96. The molecule has 0 heterocycles. The summed E-state index contributed by atoms with van der Waals surface area (Å²) in [6.07, 6.45) is 0. The lowest BCUT2D eigenvalue weighted by Crippen LogP contribution is -2.11. The summed E-state index contributed by atoms with van der Waals surface area (Å²) in [6, 6.07) is 5.07. The Kier molecular flexibility index (Phi) is 3.39. The predicted octanol–water partition coefficient (Wildman–Crippen LogP) is 1.35. The van der Waals surface area contributed by atoms with Crippen molar-refractivity contribution in [1.82, 2.24) is 4.90 Å². The molecule has 13 heavy (non-hydrogen) atoms. The summed E-state index contributed by atoms with van der Waals surface area (Å²) in [6.45, 7) is 1.07. The van der Waals surface area contributed by atoms with Gasteiger partial charge in [0, 0.05) is 18.7 Å². The van der Waals surface area contributed by atoms with Crippen LogP contribution in [0.15, 0.2) is 18.2 Å². The summed E-state index contributed by atoms with van der Waals surface area (Å²) in [5, 5.41) is 0. The quantitative estimate of drug-likeness (QED) is 0.764. The van der Waals surface area contributed by atoms with Gasteiger partial charge in [-0.05, 0) is 25.7 Å². The molecule has 0 bridgehead atoms. The number of nitrogens with zero attached hydrogens (tertiary/aromatic N) is 1. The van der Waals surface area contributed by atoms with Crippen molar-refractivity contribution < 1.29 is 4.39 Å². The molecule has 0 saturated carbocycles. The standard InChI is InChI=1S/C10H15FN2/c1-13(2)7-8-3-4-10(11)9(5-8)6-12/h3-5H,6-7,12H2,1-2H3. The van der Waals surface area contributed by atoms with Gasteiger partial charge in [0.2, 0.25) is 0 Å². The molecule has 0 atom stereocenters. The van der Waals surface area contributed by atoms with E-state index in [0.29, 0.717) is 5.56 Å². The fraction of sp³-hybridized carbons (Fsp3) is 0.400. The normalized spacial score (nSPS) is 10.8. The summed E-state index contributed by atoms with van der Waals surface area (Å²) in [5.41, 5.74) is 7.07. The lowest BCUT2D eigenvalue weighted by molar-refractivity contribution is 0.402. The van der Waals surface area contributed by atoms with Crippen LogP contribution >= 0.6 is 0 Å². The summed E-state index contributed by atoms with van der Waals surface area (Å²) in [5.74, 6) is -0.218. The van der Waals surface area contributed by atoms with Crippen molar-refractivity contribution in [2.24, 2.45) is 5.73 Å². The maximum absolute atomic E-state index is 13.0. The summed E-state index contributed by atoms with van der Waals surface area (Å²) < 4.78 is 13.0. The second-order valence-corrected chi connectivity index (χ2v) is 3.37. The van der Waals surface area contributed by atoms with Gasteiger partial charge in [-0.1, -0.05) is 12.1 Å². The topological polar surface area (TPSA) is 29.3 Å². The van der Waals surface area contributed by atoms with Crippen molar-refractivity contribution in [2.75, 3.05) is 14.1 Å². The van der Waals surface area contributed by atoms with E-state index in [2.05, 4.69) is 0 Å². The Morgan fingerprint density at radius 1 is 1.38 bits per heavy atom. The Balaban J connectivity index is 2.86. The molecule has 72 valence electrons. The van der Waals surface area contributed by atoms with Crippen LogP contribution < -0.4 is 5.73 Å². The number of halogens is 1. The molecular formula is C10H15FN2. The van der Waals surface area contributed by atoms with E-state index in [4.69, 9.17) is 5.73 Å². The first-order valence-corrected chi connectivity index (χ1v) is 4.25. The zero-order valence-corrected chi connectivity index (χ0v) is 8.05. The minimum absolute atomic E-state index is 0.218. The van der Waals surface area contributed by atoms with Crippen LogP contribution in [0.3, 0.4) is 0 Å². The highest BCUT2D eigenvalue weighted by molar-refractivity contribution is 5.24. The first-order chi connectivity index (χ1) is 6.13. The highest BCUT2D eigenvalue weighted by atomic mass is 19.1. The Morgan fingerprint density at radius 3 is 2.62 bits per heavy atom. The fourth-order valence-corrected chi connectivity index (χ4v) is 1.25. The molecule has 1 aromatic carbocycles. The molecule has 1 aromatic rings. The molecule has 0 spiro atoms. The molecule has 2 N–H and O–H groups in total. The number of benzene rings is 1. The lowest BCUT2D eigenvalue weighted by atomic mass is 10.1. The van der Waals surface area contributed by atoms with Crippen molar-refractivity contribution in [2.45, 2.75) is 13.1 Å². The van der Waals surface area contributed by atoms with Gasteiger partial charge in [0.15, 0.2) is 0 Å². The molecule has 0 fully saturated rings.